The lowest BCUT2D eigenvalue weighted by molar-refractivity contribution is 1.25. The lowest BCUT2D eigenvalue weighted by Gasteiger charge is -2.41. The summed E-state index contributed by atoms with van der Waals surface area (Å²) in [4.78, 5) is 5.12. The van der Waals surface area contributed by atoms with Crippen LogP contribution in [-0.4, -0.2) is 22.7 Å². The molecule has 0 amide bonds. The molecule has 6 heterocycles. The average Bonchev–Trinajstić information content (AvgIpc) is 1.50. The van der Waals surface area contributed by atoms with Crippen molar-refractivity contribution < 1.29 is 0 Å². The van der Waals surface area contributed by atoms with Crippen LogP contribution < -0.4 is 31.7 Å². The third-order valence-corrected chi connectivity index (χ3v) is 20.5. The van der Waals surface area contributed by atoms with Gasteiger partial charge in [-0.25, -0.2) is 0 Å². The van der Waals surface area contributed by atoms with E-state index in [2.05, 4.69) is 305 Å². The highest BCUT2D eigenvalue weighted by molar-refractivity contribution is 6.92. The van der Waals surface area contributed by atoms with Gasteiger partial charge in [0.15, 0.2) is 0 Å². The molecular formula is C82H62B2N4. The zero-order valence-electron chi connectivity index (χ0n) is 50.9. The van der Waals surface area contributed by atoms with Crippen LogP contribution in [0.3, 0.4) is 0 Å². The number of nitrogens with zero attached hydrogens (tertiary/aromatic N) is 4. The third kappa shape index (κ3) is 6.89. The minimum Gasteiger partial charge on any atom is -0.374 e. The Morgan fingerprint density at radius 2 is 0.545 bits per heavy atom. The van der Waals surface area contributed by atoms with E-state index in [1.807, 2.05) is 0 Å². The maximum atomic E-state index is 2.81. The van der Waals surface area contributed by atoms with Crippen LogP contribution in [0, 0.1) is 55.4 Å². The van der Waals surface area contributed by atoms with Gasteiger partial charge in [-0.3, -0.25) is 0 Å². The van der Waals surface area contributed by atoms with Gasteiger partial charge in [0.2, 0.25) is 0 Å². The van der Waals surface area contributed by atoms with Crippen molar-refractivity contribution in [2.75, 3.05) is 9.80 Å². The second kappa shape index (κ2) is 18.6. The summed E-state index contributed by atoms with van der Waals surface area (Å²) in [5, 5.41) is 2.56. The van der Waals surface area contributed by atoms with Crippen LogP contribution in [0.15, 0.2) is 231 Å². The minimum absolute atomic E-state index is 0.150. The molecule has 0 fully saturated rings. The first-order valence-electron chi connectivity index (χ1n) is 31.2. The van der Waals surface area contributed by atoms with Crippen molar-refractivity contribution in [1.29, 1.82) is 0 Å². The predicted octanol–water partition coefficient (Wildman–Crippen LogP) is 18.7. The molecule has 0 saturated carbocycles. The number of hydrogen-bond donors (Lipinski definition) is 0. The number of hydrogen-bond acceptors (Lipinski definition) is 2. The van der Waals surface area contributed by atoms with Crippen molar-refractivity contribution in [2.24, 2.45) is 0 Å². The normalized spacial score (nSPS) is 13.1. The second-order valence-electron chi connectivity index (χ2n) is 25.5. The topological polar surface area (TPSA) is 16.3 Å². The summed E-state index contributed by atoms with van der Waals surface area (Å²) in [6.45, 7) is 17.7. The number of aryl methyl sites for hydroxylation is 8. The molecule has 88 heavy (non-hydrogen) atoms. The van der Waals surface area contributed by atoms with Crippen molar-refractivity contribution in [1.82, 2.24) is 8.96 Å². The number of para-hydroxylation sites is 2. The molecule has 0 saturated heterocycles. The summed E-state index contributed by atoms with van der Waals surface area (Å²) in [6.07, 6.45) is 0. The summed E-state index contributed by atoms with van der Waals surface area (Å²) in [5.74, 6) is 0. The van der Waals surface area contributed by atoms with E-state index in [9.17, 15) is 0 Å². The monoisotopic (exact) mass is 1120 g/mol. The van der Waals surface area contributed by atoms with Crippen molar-refractivity contribution in [2.45, 2.75) is 55.4 Å². The van der Waals surface area contributed by atoms with Crippen LogP contribution in [0.2, 0.25) is 0 Å². The van der Waals surface area contributed by atoms with Crippen molar-refractivity contribution in [3.63, 3.8) is 0 Å². The first-order valence-corrected chi connectivity index (χ1v) is 31.2. The van der Waals surface area contributed by atoms with Crippen LogP contribution in [0.4, 0.5) is 34.1 Å². The third-order valence-electron chi connectivity index (χ3n) is 20.5. The quantitative estimate of drug-likeness (QED) is 0.154. The Kier molecular flexibility index (Phi) is 10.8. The smallest absolute Gasteiger partial charge is 0.333 e. The van der Waals surface area contributed by atoms with Crippen LogP contribution in [0.25, 0.3) is 99.6 Å². The number of fused-ring (bicyclic) bond motifs is 13. The summed E-state index contributed by atoms with van der Waals surface area (Å²) in [5.41, 5.74) is 43.1. The fourth-order valence-corrected chi connectivity index (χ4v) is 17.0. The molecule has 6 heteroatoms. The van der Waals surface area contributed by atoms with Gasteiger partial charge in [-0.2, -0.15) is 0 Å². The molecular weight excluding hydrogens is 1060 g/mol. The molecule has 0 N–H and O–H groups in total. The zero-order valence-corrected chi connectivity index (χ0v) is 50.9. The molecule has 416 valence electrons. The average molecular weight is 1130 g/mol. The molecule has 4 aliphatic rings. The Bertz CT molecular complexity index is 4970. The summed E-state index contributed by atoms with van der Waals surface area (Å²) < 4.78 is 5.61. The van der Waals surface area contributed by atoms with Crippen LogP contribution >= 0.6 is 0 Å². The maximum absolute atomic E-state index is 2.81. The summed E-state index contributed by atoms with van der Waals surface area (Å²) >= 11 is 0. The standard InChI is InChI=1S/C82H62B2N4/c1-47-17-9-18-48(2)73(47)55-33-39-59(40-34-55)85-69-43-37-57(75-51(5)21-11-22-52(75)6)45-67(69)83-77-61(25-15-31-71(77)85)63-27-13-29-65-79(63)87(83)81-66-30-14-28-64-62-26-16-32-72-78(62)84(88(80(64)66)82(65)81)68-46-58(76-53(7)23-12-24-54(76)8)38-44-70(68)86(72)60-41-35-56(36-42-60)74-49(3)19-10-20-50(74)4/h9-46H,1-8H3. The first kappa shape index (κ1) is 51.0. The number of benzene rings is 12. The van der Waals surface area contributed by atoms with Gasteiger partial charge in [-0.1, -0.05) is 182 Å². The number of rotatable bonds is 6. The minimum atomic E-state index is -0.150. The van der Waals surface area contributed by atoms with E-state index in [1.54, 1.807) is 0 Å². The fraction of sp³-hybridized carbons (Fsp3) is 0.0976. The Labute approximate surface area is 515 Å². The first-order chi connectivity index (χ1) is 43.0. The van der Waals surface area contributed by atoms with Crippen molar-refractivity contribution >= 4 is 103 Å². The van der Waals surface area contributed by atoms with Crippen LogP contribution in [0.1, 0.15) is 44.5 Å². The SMILES string of the molecule is Cc1cccc(C)c1-c1ccc(N2c3ccc(-c4c(C)cccc4C)cc3B3c4c(cccc42)-c2cccc4c2n3c2c3cccc5c3n(c42)B2c3cc(-c4c(C)cccc4C)ccc3N(c3ccc(-c4c(C)cccc4C)cc3)c3cccc-5c32)cc1. The molecule has 4 nitrogen and oxygen atoms in total. The molecule has 0 spiro atoms. The van der Waals surface area contributed by atoms with Gasteiger partial charge in [0.05, 0.1) is 11.0 Å². The summed E-state index contributed by atoms with van der Waals surface area (Å²) in [7, 11) is 0. The molecule has 4 aliphatic heterocycles. The maximum Gasteiger partial charge on any atom is 0.333 e. The molecule has 18 rings (SSSR count). The lowest BCUT2D eigenvalue weighted by atomic mass is 9.45. The van der Waals surface area contributed by atoms with E-state index in [1.165, 1.54) is 189 Å². The summed E-state index contributed by atoms with van der Waals surface area (Å²) in [6, 6.07) is 88.6. The van der Waals surface area contributed by atoms with E-state index in [4.69, 9.17) is 0 Å². The molecule has 0 atom stereocenters. The highest BCUT2D eigenvalue weighted by Crippen LogP contribution is 2.52. The molecule has 0 radical (unpaired) electrons. The van der Waals surface area contributed by atoms with E-state index in [0.717, 1.165) is 11.4 Å². The van der Waals surface area contributed by atoms with Crippen LogP contribution in [0.5, 0.6) is 0 Å². The molecule has 2 aromatic heterocycles. The van der Waals surface area contributed by atoms with Gasteiger partial charge in [-0.15, -0.1) is 0 Å². The number of aromatic nitrogens is 2. The Morgan fingerprint density at radius 3 is 0.898 bits per heavy atom. The Balaban J connectivity index is 0.913. The highest BCUT2D eigenvalue weighted by Gasteiger charge is 2.47. The molecule has 0 bridgehead atoms. The Morgan fingerprint density at radius 1 is 0.250 bits per heavy atom. The van der Waals surface area contributed by atoms with Crippen LogP contribution in [-0.2, 0) is 0 Å². The number of anilines is 6. The van der Waals surface area contributed by atoms with E-state index in [0.29, 0.717) is 0 Å². The molecule has 14 aromatic rings. The van der Waals surface area contributed by atoms with E-state index >= 15 is 0 Å². The van der Waals surface area contributed by atoms with Gasteiger partial charge in [0.1, 0.15) is 0 Å². The molecule has 0 aliphatic carbocycles. The van der Waals surface area contributed by atoms with Gasteiger partial charge in [0.25, 0.3) is 0 Å². The highest BCUT2D eigenvalue weighted by atomic mass is 15.2. The lowest BCUT2D eigenvalue weighted by Crippen LogP contribution is -2.56. The molecule has 12 aromatic carbocycles. The van der Waals surface area contributed by atoms with Crippen molar-refractivity contribution in [3.05, 3.63) is 275 Å². The van der Waals surface area contributed by atoms with Crippen molar-refractivity contribution in [3.8, 4) is 66.8 Å². The van der Waals surface area contributed by atoms with E-state index < -0.39 is 0 Å². The fourth-order valence-electron chi connectivity index (χ4n) is 17.0. The van der Waals surface area contributed by atoms with Gasteiger partial charge >= 0.3 is 13.7 Å². The largest absolute Gasteiger partial charge is 0.374 e. The van der Waals surface area contributed by atoms with Gasteiger partial charge < -0.3 is 18.8 Å². The van der Waals surface area contributed by atoms with E-state index in [-0.39, 0.29) is 13.7 Å². The van der Waals surface area contributed by atoms with Gasteiger partial charge in [-0.05, 0) is 226 Å². The molecule has 0 unspecified atom stereocenters. The Hall–Kier alpha value is -10.3. The van der Waals surface area contributed by atoms with Gasteiger partial charge in [0, 0.05) is 67.1 Å². The second-order valence-corrected chi connectivity index (χ2v) is 25.5. The predicted molar refractivity (Wildman–Crippen MR) is 376 cm³/mol. The zero-order chi connectivity index (χ0) is 59.1.